The van der Waals surface area contributed by atoms with Crippen LogP contribution < -0.4 is 15.5 Å². The van der Waals surface area contributed by atoms with Gasteiger partial charge in [-0.25, -0.2) is 14.6 Å². The molecular formula is C17H18N4O4S. The topological polar surface area (TPSA) is 112 Å². The molecule has 9 heteroatoms. The first-order valence-corrected chi connectivity index (χ1v) is 8.85. The fraction of sp³-hybridized carbons (Fsp3) is 0.294. The van der Waals surface area contributed by atoms with E-state index in [0.717, 1.165) is 17.0 Å². The Balaban J connectivity index is 1.68. The summed E-state index contributed by atoms with van der Waals surface area (Å²) < 4.78 is 0. The van der Waals surface area contributed by atoms with Crippen LogP contribution in [0, 0.1) is 6.92 Å². The first-order valence-electron chi connectivity index (χ1n) is 8.03. The number of nitrogens with one attached hydrogen (secondary N) is 2. The van der Waals surface area contributed by atoms with Crippen molar-refractivity contribution in [3.63, 3.8) is 0 Å². The van der Waals surface area contributed by atoms with Gasteiger partial charge in [0.05, 0.1) is 11.7 Å². The van der Waals surface area contributed by atoms with Crippen molar-refractivity contribution in [1.82, 2.24) is 15.6 Å². The summed E-state index contributed by atoms with van der Waals surface area (Å²) >= 11 is 1.06. The van der Waals surface area contributed by atoms with Crippen molar-refractivity contribution in [2.24, 2.45) is 0 Å². The van der Waals surface area contributed by atoms with Crippen LogP contribution in [-0.2, 0) is 0 Å². The Labute approximate surface area is 153 Å². The molecule has 0 spiro atoms. The Kier molecular flexibility index (Phi) is 4.90. The minimum atomic E-state index is -1.02. The third-order valence-electron chi connectivity index (χ3n) is 4.02. The summed E-state index contributed by atoms with van der Waals surface area (Å²) in [6.45, 7) is 4.58. The van der Waals surface area contributed by atoms with Crippen LogP contribution in [0.1, 0.15) is 43.7 Å². The number of nitrogens with zero attached hydrogens (tertiary/aromatic N) is 2. The zero-order valence-corrected chi connectivity index (χ0v) is 15.1. The highest BCUT2D eigenvalue weighted by Gasteiger charge is 2.22. The van der Waals surface area contributed by atoms with Crippen LogP contribution in [0.25, 0.3) is 0 Å². The molecule has 2 heterocycles. The van der Waals surface area contributed by atoms with Gasteiger partial charge in [0.1, 0.15) is 9.88 Å². The highest BCUT2D eigenvalue weighted by Crippen LogP contribution is 2.24. The zero-order valence-electron chi connectivity index (χ0n) is 14.3. The lowest BCUT2D eigenvalue weighted by Crippen LogP contribution is -2.28. The molecule has 1 aromatic heterocycles. The molecule has 26 heavy (non-hydrogen) atoms. The second-order valence-corrected chi connectivity index (χ2v) is 6.93. The van der Waals surface area contributed by atoms with Crippen LogP contribution in [0.5, 0.6) is 0 Å². The van der Waals surface area contributed by atoms with Crippen molar-refractivity contribution in [2.45, 2.75) is 19.9 Å². The number of aromatic carboxylic acids is 1. The van der Waals surface area contributed by atoms with Crippen LogP contribution in [0.2, 0.25) is 0 Å². The number of carbonyl (C=O) groups is 3. The summed E-state index contributed by atoms with van der Waals surface area (Å²) in [4.78, 5) is 41.2. The van der Waals surface area contributed by atoms with E-state index in [0.29, 0.717) is 29.4 Å². The monoisotopic (exact) mass is 374 g/mol. The molecule has 8 nitrogen and oxygen atoms in total. The molecule has 0 saturated carbocycles. The number of amides is 3. The lowest BCUT2D eigenvalue weighted by Gasteiger charge is -2.15. The summed E-state index contributed by atoms with van der Waals surface area (Å²) in [7, 11) is 0. The van der Waals surface area contributed by atoms with Gasteiger partial charge in [0.15, 0.2) is 0 Å². The van der Waals surface area contributed by atoms with Crippen LogP contribution in [0.15, 0.2) is 24.3 Å². The average Bonchev–Trinajstić information content (AvgIpc) is 3.20. The summed E-state index contributed by atoms with van der Waals surface area (Å²) in [5.41, 5.74) is 1.62. The molecule has 136 valence electrons. The molecule has 3 N–H and O–H groups in total. The van der Waals surface area contributed by atoms with Crippen molar-refractivity contribution in [2.75, 3.05) is 18.0 Å². The molecule has 1 aliphatic rings. The second-order valence-electron chi connectivity index (χ2n) is 5.90. The van der Waals surface area contributed by atoms with Crippen LogP contribution in [0.4, 0.5) is 10.5 Å². The predicted octanol–water partition coefficient (Wildman–Crippen LogP) is 2.17. The van der Waals surface area contributed by atoms with E-state index in [1.54, 1.807) is 43.0 Å². The zero-order chi connectivity index (χ0) is 18.8. The summed E-state index contributed by atoms with van der Waals surface area (Å²) in [6.07, 6.45) is 0. The number of carbonyl (C=O) groups excluding carboxylic acids is 2. The average molecular weight is 374 g/mol. The highest BCUT2D eigenvalue weighted by molar-refractivity contribution is 7.13. The maximum Gasteiger partial charge on any atom is 0.347 e. The van der Waals surface area contributed by atoms with Gasteiger partial charge in [-0.1, -0.05) is 0 Å². The van der Waals surface area contributed by atoms with Gasteiger partial charge in [0.25, 0.3) is 5.91 Å². The maximum atomic E-state index is 12.4. The fourth-order valence-corrected chi connectivity index (χ4v) is 3.56. The summed E-state index contributed by atoms with van der Waals surface area (Å²) in [6, 6.07) is 6.19. The minimum absolute atomic E-state index is 0.149. The number of thiazole rings is 1. The number of rotatable bonds is 5. The quantitative estimate of drug-likeness (QED) is 0.743. The molecule has 1 aliphatic heterocycles. The van der Waals surface area contributed by atoms with Crippen LogP contribution in [0.3, 0.4) is 0 Å². The molecule has 1 unspecified atom stereocenters. The van der Waals surface area contributed by atoms with Gasteiger partial charge in [-0.05, 0) is 38.1 Å². The van der Waals surface area contributed by atoms with E-state index in [-0.39, 0.29) is 16.8 Å². The Bertz CT molecular complexity index is 862. The van der Waals surface area contributed by atoms with Crippen LogP contribution in [-0.4, -0.2) is 41.1 Å². The smallest absolute Gasteiger partial charge is 0.347 e. The van der Waals surface area contributed by atoms with Gasteiger partial charge >= 0.3 is 12.0 Å². The van der Waals surface area contributed by atoms with E-state index in [1.807, 2.05) is 0 Å². The van der Waals surface area contributed by atoms with Gasteiger partial charge in [0, 0.05) is 24.3 Å². The lowest BCUT2D eigenvalue weighted by molar-refractivity contribution is 0.0700. The Hall–Kier alpha value is -2.94. The van der Waals surface area contributed by atoms with Crippen molar-refractivity contribution in [3.05, 3.63) is 45.4 Å². The van der Waals surface area contributed by atoms with Gasteiger partial charge < -0.3 is 15.7 Å². The van der Waals surface area contributed by atoms with Crippen LogP contribution >= 0.6 is 11.3 Å². The number of urea groups is 1. The Morgan fingerprint density at radius 1 is 1.35 bits per heavy atom. The van der Waals surface area contributed by atoms with E-state index in [2.05, 4.69) is 15.6 Å². The standard InChI is InChI=1S/C17H18N4O4S/c1-9-13(16(23)24)26-15(20-9)10(2)19-14(22)11-3-5-12(6-4-11)21-8-7-18-17(21)25/h3-6,10H,7-8H2,1-2H3,(H,18,25)(H,19,22)(H,23,24). The number of hydrogen-bond acceptors (Lipinski definition) is 5. The van der Waals surface area contributed by atoms with Gasteiger partial charge in [-0.2, -0.15) is 0 Å². The first-order chi connectivity index (χ1) is 12.4. The Morgan fingerprint density at radius 3 is 2.58 bits per heavy atom. The maximum absolute atomic E-state index is 12.4. The molecule has 0 radical (unpaired) electrons. The molecule has 3 rings (SSSR count). The molecule has 1 atom stereocenters. The number of benzene rings is 1. The van der Waals surface area contributed by atoms with E-state index in [1.165, 1.54) is 0 Å². The minimum Gasteiger partial charge on any atom is -0.477 e. The molecule has 1 aromatic carbocycles. The Morgan fingerprint density at radius 2 is 2.04 bits per heavy atom. The third-order valence-corrected chi connectivity index (χ3v) is 5.35. The molecule has 2 aromatic rings. The molecule has 0 bridgehead atoms. The number of anilines is 1. The lowest BCUT2D eigenvalue weighted by atomic mass is 10.1. The normalized spacial score (nSPS) is 14.8. The van der Waals surface area contributed by atoms with Crippen molar-refractivity contribution in [1.29, 1.82) is 0 Å². The SMILES string of the molecule is Cc1nc(C(C)NC(=O)c2ccc(N3CCNC3=O)cc2)sc1C(=O)O. The van der Waals surface area contributed by atoms with Crippen molar-refractivity contribution >= 4 is 34.9 Å². The number of carboxylic acids is 1. The number of carboxylic acid groups (broad SMARTS) is 1. The van der Waals surface area contributed by atoms with E-state index >= 15 is 0 Å². The van der Waals surface area contributed by atoms with Gasteiger partial charge in [-0.15, -0.1) is 11.3 Å². The van der Waals surface area contributed by atoms with Crippen molar-refractivity contribution < 1.29 is 19.5 Å². The number of aromatic nitrogens is 1. The van der Waals surface area contributed by atoms with Crippen molar-refractivity contribution in [3.8, 4) is 0 Å². The second kappa shape index (κ2) is 7.12. The molecule has 0 aliphatic carbocycles. The molecule has 1 fully saturated rings. The summed E-state index contributed by atoms with van der Waals surface area (Å²) in [5, 5.41) is 15.2. The molecule has 1 saturated heterocycles. The number of hydrogen-bond donors (Lipinski definition) is 3. The highest BCUT2D eigenvalue weighted by atomic mass is 32.1. The number of aryl methyl sites for hydroxylation is 1. The third kappa shape index (κ3) is 3.52. The predicted molar refractivity (Wildman–Crippen MR) is 96.9 cm³/mol. The van der Waals surface area contributed by atoms with E-state index in [4.69, 9.17) is 5.11 Å². The fourth-order valence-electron chi connectivity index (χ4n) is 2.65. The van der Waals surface area contributed by atoms with E-state index < -0.39 is 12.0 Å². The molecular weight excluding hydrogens is 356 g/mol. The van der Waals surface area contributed by atoms with Gasteiger partial charge in [0.2, 0.25) is 0 Å². The summed E-state index contributed by atoms with van der Waals surface area (Å²) in [5.74, 6) is -1.31. The van der Waals surface area contributed by atoms with E-state index in [9.17, 15) is 14.4 Å². The first kappa shape index (κ1) is 17.9. The largest absolute Gasteiger partial charge is 0.477 e. The molecule has 3 amide bonds. The van der Waals surface area contributed by atoms with Gasteiger partial charge in [-0.3, -0.25) is 9.69 Å².